The van der Waals surface area contributed by atoms with Crippen LogP contribution in [0, 0.1) is 5.92 Å². The summed E-state index contributed by atoms with van der Waals surface area (Å²) in [5.41, 5.74) is 7.16. The van der Waals surface area contributed by atoms with Gasteiger partial charge in [0.2, 0.25) is 11.7 Å². The van der Waals surface area contributed by atoms with Crippen molar-refractivity contribution in [3.05, 3.63) is 17.7 Å². The molecule has 2 aliphatic rings. The lowest BCUT2D eigenvalue weighted by molar-refractivity contribution is -0.138. The van der Waals surface area contributed by atoms with Crippen LogP contribution in [0.5, 0.6) is 17.2 Å². The summed E-state index contributed by atoms with van der Waals surface area (Å²) < 4.78 is 16.3. The summed E-state index contributed by atoms with van der Waals surface area (Å²) in [4.78, 5) is 17.2. The first-order valence-corrected chi connectivity index (χ1v) is 10.1. The number of carbonyl (C=O) groups is 1. The summed E-state index contributed by atoms with van der Waals surface area (Å²) in [5.74, 6) is 2.35. The second-order valence-corrected chi connectivity index (χ2v) is 7.76. The van der Waals surface area contributed by atoms with E-state index in [9.17, 15) is 4.79 Å². The maximum Gasteiger partial charge on any atom is 0.225 e. The van der Waals surface area contributed by atoms with Gasteiger partial charge in [-0.15, -0.1) is 24.8 Å². The van der Waals surface area contributed by atoms with Gasteiger partial charge in [-0.05, 0) is 37.0 Å². The van der Waals surface area contributed by atoms with Gasteiger partial charge >= 0.3 is 0 Å². The molecule has 172 valence electrons. The molecule has 7 nitrogen and oxygen atoms in total. The van der Waals surface area contributed by atoms with E-state index in [1.165, 1.54) is 0 Å². The summed E-state index contributed by atoms with van der Waals surface area (Å²) in [6.07, 6.45) is 3.94. The number of rotatable bonds is 6. The van der Waals surface area contributed by atoms with E-state index in [4.69, 9.17) is 19.9 Å². The van der Waals surface area contributed by atoms with Crippen LogP contribution in [0.2, 0.25) is 0 Å². The first kappa shape index (κ1) is 26.6. The second-order valence-electron chi connectivity index (χ2n) is 7.76. The summed E-state index contributed by atoms with van der Waals surface area (Å²) in [6.45, 7) is 4.05. The molecule has 2 unspecified atom stereocenters. The van der Waals surface area contributed by atoms with E-state index >= 15 is 0 Å². The summed E-state index contributed by atoms with van der Waals surface area (Å²) >= 11 is 0. The Hall–Kier alpha value is -1.41. The SMILES string of the molecule is COc1cc(CN2CCN(C(=O)C3CCCC(N)C3)CC2)cc(OC)c1OC.Cl.Cl. The fourth-order valence-corrected chi connectivity index (χ4v) is 4.32. The molecule has 1 aliphatic heterocycles. The average Bonchev–Trinajstić information content (AvgIpc) is 2.73. The molecule has 0 bridgehead atoms. The number of benzene rings is 1. The van der Waals surface area contributed by atoms with Crippen LogP contribution >= 0.6 is 24.8 Å². The van der Waals surface area contributed by atoms with E-state index in [0.717, 1.165) is 64.0 Å². The van der Waals surface area contributed by atoms with Gasteiger partial charge in [-0.3, -0.25) is 9.69 Å². The van der Waals surface area contributed by atoms with Crippen LogP contribution in [0.25, 0.3) is 0 Å². The number of amides is 1. The highest BCUT2D eigenvalue weighted by molar-refractivity contribution is 5.85. The zero-order valence-corrected chi connectivity index (χ0v) is 19.7. The van der Waals surface area contributed by atoms with Crippen molar-refractivity contribution >= 4 is 30.7 Å². The number of nitrogens with two attached hydrogens (primary N) is 1. The Kier molecular flexibility index (Phi) is 11.0. The maximum absolute atomic E-state index is 12.8. The zero-order valence-electron chi connectivity index (χ0n) is 18.1. The Morgan fingerprint density at radius 1 is 1.00 bits per heavy atom. The molecule has 0 radical (unpaired) electrons. The van der Waals surface area contributed by atoms with E-state index in [0.29, 0.717) is 23.2 Å². The summed E-state index contributed by atoms with van der Waals surface area (Å²) in [7, 11) is 4.86. The lowest BCUT2D eigenvalue weighted by atomic mass is 9.85. The minimum absolute atomic E-state index is 0. The number of piperazine rings is 1. The quantitative estimate of drug-likeness (QED) is 0.698. The van der Waals surface area contributed by atoms with Crippen LogP contribution in [-0.2, 0) is 11.3 Å². The highest BCUT2D eigenvalue weighted by atomic mass is 35.5. The molecule has 1 aromatic rings. The van der Waals surface area contributed by atoms with E-state index in [2.05, 4.69) is 4.90 Å². The number of carbonyl (C=O) groups excluding carboxylic acids is 1. The number of halogens is 2. The van der Waals surface area contributed by atoms with Crippen LogP contribution in [0.3, 0.4) is 0 Å². The van der Waals surface area contributed by atoms with Crippen molar-refractivity contribution in [1.82, 2.24) is 9.80 Å². The third-order valence-electron chi connectivity index (χ3n) is 5.88. The summed E-state index contributed by atoms with van der Waals surface area (Å²) in [5, 5.41) is 0. The van der Waals surface area contributed by atoms with E-state index in [1.54, 1.807) is 21.3 Å². The Bertz CT molecular complexity index is 659. The number of nitrogens with zero attached hydrogens (tertiary/aromatic N) is 2. The Labute approximate surface area is 192 Å². The number of methoxy groups -OCH3 is 3. The molecule has 0 aromatic heterocycles. The van der Waals surface area contributed by atoms with Gasteiger partial charge in [-0.2, -0.15) is 0 Å². The van der Waals surface area contributed by atoms with Gasteiger partial charge in [0.05, 0.1) is 21.3 Å². The number of hydrogen-bond acceptors (Lipinski definition) is 6. The molecule has 2 N–H and O–H groups in total. The molecule has 1 saturated carbocycles. The number of hydrogen-bond donors (Lipinski definition) is 1. The van der Waals surface area contributed by atoms with Gasteiger partial charge in [-0.25, -0.2) is 0 Å². The second kappa shape index (κ2) is 12.4. The third kappa shape index (κ3) is 6.30. The molecule has 1 heterocycles. The van der Waals surface area contributed by atoms with Crippen molar-refractivity contribution in [2.75, 3.05) is 47.5 Å². The molecule has 1 saturated heterocycles. The number of ether oxygens (including phenoxy) is 3. The largest absolute Gasteiger partial charge is 0.493 e. The van der Waals surface area contributed by atoms with Gasteiger partial charge in [0, 0.05) is 44.7 Å². The Morgan fingerprint density at radius 3 is 2.10 bits per heavy atom. The Morgan fingerprint density at radius 2 is 1.60 bits per heavy atom. The topological polar surface area (TPSA) is 77.3 Å². The Balaban J connectivity index is 0.00000225. The summed E-state index contributed by atoms with van der Waals surface area (Å²) in [6, 6.07) is 4.16. The van der Waals surface area contributed by atoms with Crippen LogP contribution in [-0.4, -0.2) is 69.3 Å². The molecule has 0 spiro atoms. The molecular formula is C21H35Cl2N3O4. The normalized spacial score (nSPS) is 21.8. The van der Waals surface area contributed by atoms with Gasteiger partial charge in [0.1, 0.15) is 0 Å². The van der Waals surface area contributed by atoms with Crippen LogP contribution in [0.4, 0.5) is 0 Å². The highest BCUT2D eigenvalue weighted by Gasteiger charge is 2.30. The van der Waals surface area contributed by atoms with Gasteiger partial charge in [0.15, 0.2) is 11.5 Å². The molecule has 9 heteroatoms. The van der Waals surface area contributed by atoms with Crippen molar-refractivity contribution in [1.29, 1.82) is 0 Å². The monoisotopic (exact) mass is 463 g/mol. The van der Waals surface area contributed by atoms with E-state index in [1.807, 2.05) is 17.0 Å². The fourth-order valence-electron chi connectivity index (χ4n) is 4.32. The fraction of sp³-hybridized carbons (Fsp3) is 0.667. The molecule has 2 fully saturated rings. The standard InChI is InChI=1S/C21H33N3O4.2ClH/c1-26-18-11-15(12-19(27-2)20(18)28-3)14-23-7-9-24(10-8-23)21(25)16-5-4-6-17(22)13-16;;/h11-12,16-17H,4-10,13-14,22H2,1-3H3;2*1H. The highest BCUT2D eigenvalue weighted by Crippen LogP contribution is 2.38. The minimum atomic E-state index is 0. The van der Waals surface area contributed by atoms with Crippen LogP contribution in [0.15, 0.2) is 12.1 Å². The average molecular weight is 464 g/mol. The smallest absolute Gasteiger partial charge is 0.225 e. The van der Waals surface area contributed by atoms with Crippen molar-refractivity contribution in [2.45, 2.75) is 38.3 Å². The molecule has 1 amide bonds. The van der Waals surface area contributed by atoms with E-state index < -0.39 is 0 Å². The van der Waals surface area contributed by atoms with Crippen molar-refractivity contribution in [2.24, 2.45) is 11.7 Å². The van der Waals surface area contributed by atoms with E-state index in [-0.39, 0.29) is 36.8 Å². The zero-order chi connectivity index (χ0) is 20.1. The lowest BCUT2D eigenvalue weighted by Crippen LogP contribution is -2.50. The third-order valence-corrected chi connectivity index (χ3v) is 5.88. The van der Waals surface area contributed by atoms with Crippen molar-refractivity contribution < 1.29 is 19.0 Å². The molecular weight excluding hydrogens is 429 g/mol. The maximum atomic E-state index is 12.8. The molecule has 2 atom stereocenters. The predicted molar refractivity (Wildman–Crippen MR) is 122 cm³/mol. The first-order valence-electron chi connectivity index (χ1n) is 10.1. The molecule has 30 heavy (non-hydrogen) atoms. The van der Waals surface area contributed by atoms with Crippen LogP contribution in [0.1, 0.15) is 31.2 Å². The molecule has 1 aromatic carbocycles. The van der Waals surface area contributed by atoms with Gasteiger partial charge in [-0.1, -0.05) is 6.42 Å². The minimum Gasteiger partial charge on any atom is -0.493 e. The predicted octanol–water partition coefficient (Wildman–Crippen LogP) is 2.72. The first-order chi connectivity index (χ1) is 13.5. The van der Waals surface area contributed by atoms with Crippen molar-refractivity contribution in [3.8, 4) is 17.2 Å². The molecule has 1 aliphatic carbocycles. The van der Waals surface area contributed by atoms with Crippen molar-refractivity contribution in [3.63, 3.8) is 0 Å². The van der Waals surface area contributed by atoms with Gasteiger partial charge in [0.25, 0.3) is 0 Å². The van der Waals surface area contributed by atoms with Crippen LogP contribution < -0.4 is 19.9 Å². The van der Waals surface area contributed by atoms with Gasteiger partial charge < -0.3 is 24.8 Å². The lowest BCUT2D eigenvalue weighted by Gasteiger charge is -2.38. The molecule has 3 rings (SSSR count).